The van der Waals surface area contributed by atoms with Gasteiger partial charge >= 0.3 is 0 Å². The SMILES string of the molecule is CCN(CC)S(=O)(=O)c1cc(NC(=O)[C@H](C)Oc2ccc(Cl)cc2)ccc1C. The number of nitrogens with one attached hydrogen (secondary N) is 1. The number of hydrogen-bond acceptors (Lipinski definition) is 4. The molecule has 0 unspecified atom stereocenters. The Kier molecular flexibility index (Phi) is 7.46. The molecule has 2 rings (SSSR count). The van der Waals surface area contributed by atoms with E-state index in [1.165, 1.54) is 10.4 Å². The Morgan fingerprint density at radius 1 is 1.14 bits per heavy atom. The van der Waals surface area contributed by atoms with Gasteiger partial charge in [-0.25, -0.2) is 8.42 Å². The molecule has 0 heterocycles. The van der Waals surface area contributed by atoms with E-state index in [2.05, 4.69) is 5.32 Å². The molecule has 0 aliphatic heterocycles. The van der Waals surface area contributed by atoms with Crippen molar-refractivity contribution in [3.63, 3.8) is 0 Å². The number of carbonyl (C=O) groups excluding carboxylic acids is 1. The second-order valence-electron chi connectivity index (χ2n) is 6.27. The van der Waals surface area contributed by atoms with Gasteiger partial charge in [-0.05, 0) is 55.8 Å². The molecule has 2 aromatic rings. The summed E-state index contributed by atoms with van der Waals surface area (Å²) < 4.78 is 32.6. The van der Waals surface area contributed by atoms with Crippen molar-refractivity contribution < 1.29 is 17.9 Å². The highest BCUT2D eigenvalue weighted by Gasteiger charge is 2.24. The lowest BCUT2D eigenvalue weighted by atomic mass is 10.2. The molecule has 0 fully saturated rings. The van der Waals surface area contributed by atoms with Gasteiger partial charge in [-0.2, -0.15) is 4.31 Å². The van der Waals surface area contributed by atoms with Crippen LogP contribution in [0.4, 0.5) is 5.69 Å². The van der Waals surface area contributed by atoms with Crippen molar-refractivity contribution in [3.05, 3.63) is 53.1 Å². The Bertz CT molecular complexity index is 926. The molecule has 1 N–H and O–H groups in total. The Balaban J connectivity index is 2.17. The van der Waals surface area contributed by atoms with E-state index < -0.39 is 16.1 Å². The fourth-order valence-corrected chi connectivity index (χ4v) is 4.51. The molecule has 2 aromatic carbocycles. The first kappa shape index (κ1) is 22.2. The van der Waals surface area contributed by atoms with E-state index in [9.17, 15) is 13.2 Å². The number of anilines is 1. The number of benzene rings is 2. The smallest absolute Gasteiger partial charge is 0.265 e. The van der Waals surface area contributed by atoms with Crippen LogP contribution in [0.25, 0.3) is 0 Å². The third-order valence-corrected chi connectivity index (χ3v) is 6.72. The van der Waals surface area contributed by atoms with Gasteiger partial charge in [-0.15, -0.1) is 0 Å². The summed E-state index contributed by atoms with van der Waals surface area (Å²) in [6.07, 6.45) is -0.773. The Labute approximate surface area is 171 Å². The number of nitrogens with zero attached hydrogens (tertiary/aromatic N) is 1. The van der Waals surface area contributed by atoms with E-state index in [0.717, 1.165) is 0 Å². The second-order valence-corrected chi connectivity index (χ2v) is 8.62. The maximum atomic E-state index is 12.8. The van der Waals surface area contributed by atoms with Gasteiger partial charge in [0.2, 0.25) is 10.0 Å². The van der Waals surface area contributed by atoms with Gasteiger partial charge in [0.15, 0.2) is 6.10 Å². The molecule has 0 bridgehead atoms. The highest BCUT2D eigenvalue weighted by molar-refractivity contribution is 7.89. The third kappa shape index (κ3) is 5.25. The zero-order valence-corrected chi connectivity index (χ0v) is 18.0. The lowest BCUT2D eigenvalue weighted by Gasteiger charge is -2.20. The number of rotatable bonds is 8. The van der Waals surface area contributed by atoms with E-state index in [-0.39, 0.29) is 10.8 Å². The van der Waals surface area contributed by atoms with E-state index >= 15 is 0 Å². The molecule has 28 heavy (non-hydrogen) atoms. The van der Waals surface area contributed by atoms with E-state index in [4.69, 9.17) is 16.3 Å². The first-order valence-corrected chi connectivity index (χ1v) is 10.8. The highest BCUT2D eigenvalue weighted by atomic mass is 35.5. The summed E-state index contributed by atoms with van der Waals surface area (Å²) in [4.78, 5) is 12.6. The van der Waals surface area contributed by atoms with Gasteiger partial charge in [0, 0.05) is 23.8 Å². The topological polar surface area (TPSA) is 75.7 Å². The molecule has 0 saturated heterocycles. The van der Waals surface area contributed by atoms with Crippen LogP contribution in [0.3, 0.4) is 0 Å². The minimum atomic E-state index is -3.62. The van der Waals surface area contributed by atoms with Gasteiger partial charge < -0.3 is 10.1 Å². The average Bonchev–Trinajstić information content (AvgIpc) is 2.65. The van der Waals surface area contributed by atoms with E-state index in [1.54, 1.807) is 64.1 Å². The first-order valence-electron chi connectivity index (χ1n) is 9.03. The van der Waals surface area contributed by atoms with Gasteiger partial charge in [0.05, 0.1) is 4.90 Å². The first-order chi connectivity index (χ1) is 13.2. The summed E-state index contributed by atoms with van der Waals surface area (Å²) in [6.45, 7) is 7.68. The van der Waals surface area contributed by atoms with Crippen molar-refractivity contribution in [1.29, 1.82) is 0 Å². The maximum Gasteiger partial charge on any atom is 0.265 e. The molecule has 1 amide bonds. The molecule has 1 atom stereocenters. The molecule has 0 spiro atoms. The number of carbonyl (C=O) groups is 1. The van der Waals surface area contributed by atoms with Crippen molar-refractivity contribution >= 4 is 33.2 Å². The number of aryl methyl sites for hydroxylation is 1. The zero-order valence-electron chi connectivity index (χ0n) is 16.4. The summed E-state index contributed by atoms with van der Waals surface area (Å²) >= 11 is 5.84. The van der Waals surface area contributed by atoms with Crippen LogP contribution in [0.5, 0.6) is 5.75 Å². The third-order valence-electron chi connectivity index (χ3n) is 4.27. The summed E-state index contributed by atoms with van der Waals surface area (Å²) in [7, 11) is -3.62. The average molecular weight is 425 g/mol. The van der Waals surface area contributed by atoms with Gasteiger partial charge in [-0.3, -0.25) is 4.79 Å². The highest BCUT2D eigenvalue weighted by Crippen LogP contribution is 2.24. The molecule has 6 nitrogen and oxygen atoms in total. The van der Waals surface area contributed by atoms with Crippen LogP contribution in [0.15, 0.2) is 47.4 Å². The van der Waals surface area contributed by atoms with Crippen molar-refractivity contribution in [1.82, 2.24) is 4.31 Å². The lowest BCUT2D eigenvalue weighted by Crippen LogP contribution is -2.32. The molecule has 0 saturated carbocycles. The Hall–Kier alpha value is -2.09. The summed E-state index contributed by atoms with van der Waals surface area (Å²) in [5.41, 5.74) is 1.02. The van der Waals surface area contributed by atoms with Crippen LogP contribution < -0.4 is 10.1 Å². The van der Waals surface area contributed by atoms with Crippen molar-refractivity contribution in [2.24, 2.45) is 0 Å². The number of ether oxygens (including phenoxy) is 1. The largest absolute Gasteiger partial charge is 0.481 e. The Morgan fingerprint density at radius 3 is 2.32 bits per heavy atom. The van der Waals surface area contributed by atoms with E-state index in [1.807, 2.05) is 0 Å². The molecule has 0 aliphatic carbocycles. The fraction of sp³-hybridized carbons (Fsp3) is 0.350. The molecular formula is C20H25ClN2O4S. The minimum absolute atomic E-state index is 0.181. The van der Waals surface area contributed by atoms with Gasteiger partial charge in [0.1, 0.15) is 5.75 Å². The Morgan fingerprint density at radius 2 is 1.75 bits per heavy atom. The number of amides is 1. The molecule has 0 aromatic heterocycles. The van der Waals surface area contributed by atoms with Crippen LogP contribution >= 0.6 is 11.6 Å². The predicted molar refractivity (Wildman–Crippen MR) is 111 cm³/mol. The maximum absolute atomic E-state index is 12.8. The van der Waals surface area contributed by atoms with Crippen LogP contribution in [-0.4, -0.2) is 37.8 Å². The van der Waals surface area contributed by atoms with Gasteiger partial charge in [0.25, 0.3) is 5.91 Å². The molecule has 0 radical (unpaired) electrons. The summed E-state index contributed by atoms with van der Waals surface area (Å²) in [5.74, 6) is 0.130. The second kappa shape index (κ2) is 9.41. The van der Waals surface area contributed by atoms with Crippen molar-refractivity contribution in [2.75, 3.05) is 18.4 Å². The van der Waals surface area contributed by atoms with Crippen molar-refractivity contribution in [2.45, 2.75) is 38.7 Å². The van der Waals surface area contributed by atoms with Crippen LogP contribution in [0.2, 0.25) is 5.02 Å². The molecule has 0 aliphatic rings. The van der Waals surface area contributed by atoms with Crippen LogP contribution in [0, 0.1) is 6.92 Å². The fourth-order valence-electron chi connectivity index (χ4n) is 2.67. The number of sulfonamides is 1. The van der Waals surface area contributed by atoms with E-state index in [0.29, 0.717) is 35.1 Å². The van der Waals surface area contributed by atoms with Crippen molar-refractivity contribution in [3.8, 4) is 5.75 Å². The molecule has 8 heteroatoms. The number of hydrogen-bond donors (Lipinski definition) is 1. The summed E-state index contributed by atoms with van der Waals surface area (Å²) in [6, 6.07) is 11.5. The standard InChI is InChI=1S/C20H25ClN2O4S/c1-5-23(6-2)28(25,26)19-13-17(10-7-14(19)3)22-20(24)15(4)27-18-11-8-16(21)9-12-18/h7-13,15H,5-6H2,1-4H3,(H,22,24)/t15-/m0/s1. The predicted octanol–water partition coefficient (Wildman–Crippen LogP) is 4.08. The van der Waals surface area contributed by atoms with Gasteiger partial charge in [-0.1, -0.05) is 31.5 Å². The molecule has 152 valence electrons. The normalized spacial score (nSPS) is 12.6. The quantitative estimate of drug-likeness (QED) is 0.692. The monoisotopic (exact) mass is 424 g/mol. The minimum Gasteiger partial charge on any atom is -0.481 e. The van der Waals surface area contributed by atoms with Crippen LogP contribution in [-0.2, 0) is 14.8 Å². The van der Waals surface area contributed by atoms with Crippen LogP contribution in [0.1, 0.15) is 26.3 Å². The summed E-state index contributed by atoms with van der Waals surface area (Å²) in [5, 5.41) is 3.29. The zero-order chi connectivity index (χ0) is 20.9. The lowest BCUT2D eigenvalue weighted by molar-refractivity contribution is -0.122. The number of halogens is 1. The molecular weight excluding hydrogens is 400 g/mol.